The van der Waals surface area contributed by atoms with Crippen molar-refractivity contribution in [2.24, 2.45) is 5.92 Å². The molecule has 0 aromatic rings. The van der Waals surface area contributed by atoms with Crippen LogP contribution in [0.15, 0.2) is 0 Å². The van der Waals surface area contributed by atoms with Gasteiger partial charge in [-0.3, -0.25) is 4.79 Å². The molecule has 0 radical (unpaired) electrons. The fourth-order valence-electron chi connectivity index (χ4n) is 2.38. The number of hydrogen-bond donors (Lipinski definition) is 0. The number of esters is 1. The second-order valence-corrected chi connectivity index (χ2v) is 3.83. The zero-order chi connectivity index (χ0) is 7.90. The monoisotopic (exact) mass is 154 g/mol. The second-order valence-electron chi connectivity index (χ2n) is 3.83. The molecular formula is C9H14O2. The maximum atomic E-state index is 10.9. The summed E-state index contributed by atoms with van der Waals surface area (Å²) in [7, 11) is 0. The number of rotatable bonds is 0. The quantitative estimate of drug-likeness (QED) is 0.498. The van der Waals surface area contributed by atoms with E-state index in [1.807, 2.05) is 0 Å². The highest BCUT2D eigenvalue weighted by Gasteiger charge is 2.47. The molecule has 2 rings (SSSR count). The SMILES string of the molecule is C[C@@H]1CCCC12CCC(=O)O2. The molecule has 1 saturated heterocycles. The number of ether oxygens (including phenoxy) is 1. The lowest BCUT2D eigenvalue weighted by Gasteiger charge is -2.26. The second kappa shape index (κ2) is 2.23. The van der Waals surface area contributed by atoms with Gasteiger partial charge in [0, 0.05) is 6.42 Å². The van der Waals surface area contributed by atoms with Crippen molar-refractivity contribution in [2.45, 2.75) is 44.6 Å². The molecule has 2 heteroatoms. The zero-order valence-electron chi connectivity index (χ0n) is 6.93. The molecule has 2 fully saturated rings. The first-order valence-corrected chi connectivity index (χ1v) is 4.45. The highest BCUT2D eigenvalue weighted by Crippen LogP contribution is 2.45. The van der Waals surface area contributed by atoms with Crippen LogP contribution in [0, 0.1) is 5.92 Å². The van der Waals surface area contributed by atoms with Crippen LogP contribution in [0.1, 0.15) is 39.0 Å². The van der Waals surface area contributed by atoms with Gasteiger partial charge in [-0.1, -0.05) is 6.92 Å². The number of hydrogen-bond acceptors (Lipinski definition) is 2. The molecule has 1 unspecified atom stereocenters. The topological polar surface area (TPSA) is 26.3 Å². The van der Waals surface area contributed by atoms with Crippen molar-refractivity contribution in [1.29, 1.82) is 0 Å². The van der Waals surface area contributed by atoms with E-state index in [2.05, 4.69) is 6.92 Å². The van der Waals surface area contributed by atoms with Gasteiger partial charge in [0.2, 0.25) is 0 Å². The van der Waals surface area contributed by atoms with E-state index in [0.29, 0.717) is 12.3 Å². The first-order valence-electron chi connectivity index (χ1n) is 4.45. The first-order chi connectivity index (χ1) is 5.23. The summed E-state index contributed by atoms with van der Waals surface area (Å²) in [6.45, 7) is 2.20. The smallest absolute Gasteiger partial charge is 0.306 e. The summed E-state index contributed by atoms with van der Waals surface area (Å²) in [6, 6.07) is 0. The Labute approximate surface area is 66.9 Å². The van der Waals surface area contributed by atoms with E-state index in [9.17, 15) is 4.79 Å². The Balaban J connectivity index is 2.16. The summed E-state index contributed by atoms with van der Waals surface area (Å²) < 4.78 is 5.38. The highest BCUT2D eigenvalue weighted by atomic mass is 16.6. The third-order valence-electron chi connectivity index (χ3n) is 3.20. The van der Waals surface area contributed by atoms with Crippen molar-refractivity contribution < 1.29 is 9.53 Å². The van der Waals surface area contributed by atoms with Gasteiger partial charge in [0.1, 0.15) is 5.60 Å². The van der Waals surface area contributed by atoms with Gasteiger partial charge in [-0.25, -0.2) is 0 Å². The van der Waals surface area contributed by atoms with Crippen LogP contribution in [-0.2, 0) is 9.53 Å². The van der Waals surface area contributed by atoms with Gasteiger partial charge in [0.05, 0.1) is 0 Å². The molecule has 1 saturated carbocycles. The largest absolute Gasteiger partial charge is 0.459 e. The average Bonchev–Trinajstić information content (AvgIpc) is 2.46. The fraction of sp³-hybridized carbons (Fsp3) is 0.889. The van der Waals surface area contributed by atoms with Crippen LogP contribution in [0.3, 0.4) is 0 Å². The summed E-state index contributed by atoms with van der Waals surface area (Å²) in [5.74, 6) is 0.604. The molecular weight excluding hydrogens is 140 g/mol. The Morgan fingerprint density at radius 2 is 2.36 bits per heavy atom. The normalized spacial score (nSPS) is 43.4. The van der Waals surface area contributed by atoms with Gasteiger partial charge in [0.15, 0.2) is 0 Å². The summed E-state index contributed by atoms with van der Waals surface area (Å²) in [5, 5.41) is 0. The molecule has 0 aromatic carbocycles. The number of carbonyl (C=O) groups excluding carboxylic acids is 1. The van der Waals surface area contributed by atoms with Crippen molar-refractivity contribution in [2.75, 3.05) is 0 Å². The number of carbonyl (C=O) groups is 1. The summed E-state index contributed by atoms with van der Waals surface area (Å²) >= 11 is 0. The van der Waals surface area contributed by atoms with E-state index >= 15 is 0 Å². The van der Waals surface area contributed by atoms with Gasteiger partial charge < -0.3 is 4.74 Å². The molecule has 0 N–H and O–H groups in total. The van der Waals surface area contributed by atoms with Crippen LogP contribution >= 0.6 is 0 Å². The Morgan fingerprint density at radius 3 is 2.82 bits per heavy atom. The third-order valence-corrected chi connectivity index (χ3v) is 3.20. The van der Waals surface area contributed by atoms with Crippen LogP contribution in [0.25, 0.3) is 0 Å². The lowest BCUT2D eigenvalue weighted by Crippen LogP contribution is -2.30. The molecule has 2 aliphatic rings. The molecule has 2 atom stereocenters. The Kier molecular flexibility index (Phi) is 1.44. The van der Waals surface area contributed by atoms with Gasteiger partial charge >= 0.3 is 5.97 Å². The fourth-order valence-corrected chi connectivity index (χ4v) is 2.38. The van der Waals surface area contributed by atoms with Gasteiger partial charge in [-0.15, -0.1) is 0 Å². The van der Waals surface area contributed by atoms with Gasteiger partial charge in [-0.2, -0.15) is 0 Å². The van der Waals surface area contributed by atoms with E-state index in [0.717, 1.165) is 12.8 Å². The van der Waals surface area contributed by atoms with Gasteiger partial charge in [0.25, 0.3) is 0 Å². The predicted molar refractivity (Wildman–Crippen MR) is 41.1 cm³/mol. The standard InChI is InChI=1S/C9H14O2/c1-7-3-2-5-9(7)6-4-8(10)11-9/h7H,2-6H2,1H3/t7-,9?/m1/s1. The Morgan fingerprint density at radius 1 is 1.55 bits per heavy atom. The molecule has 1 aliphatic heterocycles. The molecule has 11 heavy (non-hydrogen) atoms. The van der Waals surface area contributed by atoms with Crippen molar-refractivity contribution in [1.82, 2.24) is 0 Å². The van der Waals surface area contributed by atoms with Crippen molar-refractivity contribution in [3.8, 4) is 0 Å². The first kappa shape index (κ1) is 7.14. The average molecular weight is 154 g/mol. The van der Waals surface area contributed by atoms with Crippen LogP contribution < -0.4 is 0 Å². The molecule has 0 amide bonds. The van der Waals surface area contributed by atoms with Crippen LogP contribution in [0.5, 0.6) is 0 Å². The predicted octanol–water partition coefficient (Wildman–Crippen LogP) is 1.88. The Bertz CT molecular complexity index is 188. The van der Waals surface area contributed by atoms with E-state index in [1.165, 1.54) is 12.8 Å². The minimum atomic E-state index is -0.0307. The summed E-state index contributed by atoms with van der Waals surface area (Å²) in [4.78, 5) is 10.9. The highest BCUT2D eigenvalue weighted by molar-refractivity contribution is 5.72. The summed E-state index contributed by atoms with van der Waals surface area (Å²) in [5.41, 5.74) is -0.0307. The summed E-state index contributed by atoms with van der Waals surface area (Å²) in [6.07, 6.45) is 5.17. The van der Waals surface area contributed by atoms with Gasteiger partial charge in [-0.05, 0) is 31.6 Å². The van der Waals surface area contributed by atoms with Crippen molar-refractivity contribution in [3.63, 3.8) is 0 Å². The van der Waals surface area contributed by atoms with Crippen LogP contribution in [0.4, 0.5) is 0 Å². The lowest BCUT2D eigenvalue weighted by atomic mass is 9.90. The molecule has 0 bridgehead atoms. The van der Waals surface area contributed by atoms with E-state index in [-0.39, 0.29) is 11.6 Å². The maximum absolute atomic E-state index is 10.9. The van der Waals surface area contributed by atoms with Crippen LogP contribution in [-0.4, -0.2) is 11.6 Å². The van der Waals surface area contributed by atoms with Crippen LogP contribution in [0.2, 0.25) is 0 Å². The van der Waals surface area contributed by atoms with Crippen molar-refractivity contribution in [3.05, 3.63) is 0 Å². The van der Waals surface area contributed by atoms with E-state index in [4.69, 9.17) is 4.74 Å². The third kappa shape index (κ3) is 0.959. The van der Waals surface area contributed by atoms with E-state index in [1.54, 1.807) is 0 Å². The molecule has 1 aliphatic carbocycles. The minimum Gasteiger partial charge on any atom is -0.459 e. The zero-order valence-corrected chi connectivity index (χ0v) is 6.93. The molecule has 1 heterocycles. The molecule has 62 valence electrons. The van der Waals surface area contributed by atoms with E-state index < -0.39 is 0 Å². The molecule has 0 aromatic heterocycles. The maximum Gasteiger partial charge on any atom is 0.306 e. The molecule has 2 nitrogen and oxygen atoms in total. The molecule has 1 spiro atoms. The minimum absolute atomic E-state index is 0.0127. The lowest BCUT2D eigenvalue weighted by molar-refractivity contribution is -0.150. The Hall–Kier alpha value is -0.530. The van der Waals surface area contributed by atoms with Crippen molar-refractivity contribution >= 4 is 5.97 Å².